The van der Waals surface area contributed by atoms with E-state index in [1.807, 2.05) is 61.4 Å². The molecule has 3 rings (SSSR count). The maximum atomic E-state index is 13.6. The van der Waals surface area contributed by atoms with Crippen molar-refractivity contribution in [3.8, 4) is 0 Å². The van der Waals surface area contributed by atoms with Crippen LogP contribution < -0.4 is 4.90 Å². The van der Waals surface area contributed by atoms with E-state index in [0.29, 0.717) is 44.3 Å². The van der Waals surface area contributed by atoms with Gasteiger partial charge in [0, 0.05) is 52.2 Å². The van der Waals surface area contributed by atoms with E-state index in [1.54, 1.807) is 6.92 Å². The SMILES string of the molecule is CCCCN(C)C(=O)C(C)(/C=C/c1ccccc1)N1CCN(c2ncc(C(=O)OCC)cn2)CC1. The van der Waals surface area contributed by atoms with E-state index in [4.69, 9.17) is 4.74 Å². The van der Waals surface area contributed by atoms with Crippen molar-refractivity contribution < 1.29 is 14.3 Å². The molecule has 1 aromatic carbocycles. The molecule has 0 aliphatic carbocycles. The van der Waals surface area contributed by atoms with Gasteiger partial charge in [0.15, 0.2) is 0 Å². The number of ether oxygens (including phenoxy) is 1. The van der Waals surface area contributed by atoms with Gasteiger partial charge in [-0.15, -0.1) is 0 Å². The molecule has 1 amide bonds. The maximum Gasteiger partial charge on any atom is 0.341 e. The summed E-state index contributed by atoms with van der Waals surface area (Å²) in [4.78, 5) is 40.4. The number of aromatic nitrogens is 2. The van der Waals surface area contributed by atoms with Crippen LogP contribution in [-0.4, -0.2) is 83.6 Å². The highest BCUT2D eigenvalue weighted by Crippen LogP contribution is 2.25. The molecule has 0 bridgehead atoms. The number of hydrogen-bond donors (Lipinski definition) is 0. The lowest BCUT2D eigenvalue weighted by Gasteiger charge is -2.44. The van der Waals surface area contributed by atoms with E-state index in [1.165, 1.54) is 12.4 Å². The number of unbranched alkanes of at least 4 members (excludes halogenated alkanes) is 1. The van der Waals surface area contributed by atoms with Crippen molar-refractivity contribution in [3.05, 3.63) is 59.9 Å². The van der Waals surface area contributed by atoms with Crippen molar-refractivity contribution in [1.82, 2.24) is 19.8 Å². The zero-order valence-corrected chi connectivity index (χ0v) is 21.3. The van der Waals surface area contributed by atoms with Crippen molar-refractivity contribution in [1.29, 1.82) is 0 Å². The quantitative estimate of drug-likeness (QED) is 0.483. The Morgan fingerprint density at radius 1 is 1.09 bits per heavy atom. The Morgan fingerprint density at radius 3 is 2.34 bits per heavy atom. The number of carbonyl (C=O) groups is 2. The second-order valence-electron chi connectivity index (χ2n) is 8.94. The topological polar surface area (TPSA) is 78.9 Å². The van der Waals surface area contributed by atoms with E-state index in [-0.39, 0.29) is 5.91 Å². The van der Waals surface area contributed by atoms with Gasteiger partial charge in [0.1, 0.15) is 5.54 Å². The average molecular weight is 480 g/mol. The van der Waals surface area contributed by atoms with Gasteiger partial charge in [-0.25, -0.2) is 14.8 Å². The molecule has 0 N–H and O–H groups in total. The first-order chi connectivity index (χ1) is 16.9. The first-order valence-electron chi connectivity index (χ1n) is 12.4. The molecule has 1 saturated heterocycles. The van der Waals surface area contributed by atoms with Gasteiger partial charge in [-0.3, -0.25) is 9.69 Å². The third kappa shape index (κ3) is 6.66. The highest BCUT2D eigenvalue weighted by atomic mass is 16.5. The predicted octanol–water partition coefficient (Wildman–Crippen LogP) is 3.51. The van der Waals surface area contributed by atoms with Gasteiger partial charge in [0.25, 0.3) is 0 Å². The van der Waals surface area contributed by atoms with Crippen molar-refractivity contribution in [2.45, 2.75) is 39.2 Å². The summed E-state index contributed by atoms with van der Waals surface area (Å²) in [5.41, 5.74) is 0.643. The number of benzene rings is 1. The average Bonchev–Trinajstić information content (AvgIpc) is 2.91. The molecule has 2 heterocycles. The smallest absolute Gasteiger partial charge is 0.341 e. The Hall–Kier alpha value is -3.26. The summed E-state index contributed by atoms with van der Waals surface area (Å²) in [6.45, 7) is 9.70. The maximum absolute atomic E-state index is 13.6. The molecule has 188 valence electrons. The molecule has 1 aliphatic heterocycles. The highest BCUT2D eigenvalue weighted by molar-refractivity contribution is 5.89. The van der Waals surface area contributed by atoms with Crippen molar-refractivity contribution >= 4 is 23.9 Å². The number of amides is 1. The van der Waals surface area contributed by atoms with Gasteiger partial charge in [-0.1, -0.05) is 55.8 Å². The van der Waals surface area contributed by atoms with Crippen LogP contribution in [0.5, 0.6) is 0 Å². The molecule has 0 saturated carbocycles. The minimum Gasteiger partial charge on any atom is -0.462 e. The van der Waals surface area contributed by atoms with E-state index in [0.717, 1.165) is 24.9 Å². The normalized spacial score (nSPS) is 16.2. The molecule has 1 fully saturated rings. The fraction of sp³-hybridized carbons (Fsp3) is 0.481. The number of anilines is 1. The van der Waals surface area contributed by atoms with Crippen LogP contribution >= 0.6 is 0 Å². The third-order valence-corrected chi connectivity index (χ3v) is 6.40. The van der Waals surface area contributed by atoms with Crippen LogP contribution in [0, 0.1) is 0 Å². The molecule has 1 aliphatic rings. The summed E-state index contributed by atoms with van der Waals surface area (Å²) in [7, 11) is 1.89. The Kier molecular flexibility index (Phi) is 9.37. The number of carbonyl (C=O) groups excluding carboxylic acids is 2. The Bertz CT molecular complexity index is 988. The van der Waals surface area contributed by atoms with Crippen LogP contribution in [0.3, 0.4) is 0 Å². The lowest BCUT2D eigenvalue weighted by atomic mass is 9.94. The standard InChI is InChI=1S/C27H37N5O3/c1-5-7-15-30(4)25(34)27(3,14-13-22-11-9-8-10-12-22)32-18-16-31(17-19-32)26-28-20-23(21-29-26)24(33)35-6-2/h8-14,20-21H,5-7,15-19H2,1-4H3/b14-13+. The van der Waals surface area contributed by atoms with Crippen LogP contribution in [0.1, 0.15) is 49.5 Å². The van der Waals surface area contributed by atoms with Gasteiger partial charge in [0.2, 0.25) is 11.9 Å². The first-order valence-corrected chi connectivity index (χ1v) is 12.4. The number of hydrogen-bond acceptors (Lipinski definition) is 7. The fourth-order valence-corrected chi connectivity index (χ4v) is 4.19. The van der Waals surface area contributed by atoms with E-state index in [2.05, 4.69) is 26.7 Å². The number of nitrogens with zero attached hydrogens (tertiary/aromatic N) is 5. The molecule has 8 heteroatoms. The van der Waals surface area contributed by atoms with Gasteiger partial charge in [-0.05, 0) is 25.8 Å². The second-order valence-corrected chi connectivity index (χ2v) is 8.94. The zero-order valence-electron chi connectivity index (χ0n) is 21.3. The monoisotopic (exact) mass is 479 g/mol. The van der Waals surface area contributed by atoms with Gasteiger partial charge in [-0.2, -0.15) is 0 Å². The Balaban J connectivity index is 1.74. The predicted molar refractivity (Wildman–Crippen MR) is 138 cm³/mol. The molecule has 8 nitrogen and oxygen atoms in total. The van der Waals surface area contributed by atoms with E-state index >= 15 is 0 Å². The summed E-state index contributed by atoms with van der Waals surface area (Å²) in [5, 5.41) is 0. The minimum absolute atomic E-state index is 0.0987. The molecule has 2 aromatic rings. The first kappa shape index (κ1) is 26.3. The lowest BCUT2D eigenvalue weighted by molar-refractivity contribution is -0.139. The highest BCUT2D eigenvalue weighted by Gasteiger charge is 2.40. The van der Waals surface area contributed by atoms with Gasteiger partial charge in [0.05, 0.1) is 12.2 Å². The van der Waals surface area contributed by atoms with Crippen LogP contribution in [-0.2, 0) is 9.53 Å². The number of esters is 1. The number of likely N-dealkylation sites (N-methyl/N-ethyl adjacent to an activating group) is 1. The third-order valence-electron chi connectivity index (χ3n) is 6.40. The van der Waals surface area contributed by atoms with Crippen LogP contribution in [0.25, 0.3) is 6.08 Å². The molecular weight excluding hydrogens is 442 g/mol. The summed E-state index contributed by atoms with van der Waals surface area (Å²) in [6, 6.07) is 10.1. The van der Waals surface area contributed by atoms with E-state index in [9.17, 15) is 9.59 Å². The van der Waals surface area contributed by atoms with Crippen molar-refractivity contribution in [2.75, 3.05) is 51.3 Å². The molecule has 1 aromatic heterocycles. The number of rotatable bonds is 10. The Morgan fingerprint density at radius 2 is 1.74 bits per heavy atom. The minimum atomic E-state index is -0.765. The largest absolute Gasteiger partial charge is 0.462 e. The molecule has 1 unspecified atom stereocenters. The van der Waals surface area contributed by atoms with E-state index < -0.39 is 11.5 Å². The molecule has 1 atom stereocenters. The Labute approximate surface area is 208 Å². The fourth-order valence-electron chi connectivity index (χ4n) is 4.19. The van der Waals surface area contributed by atoms with Gasteiger partial charge < -0.3 is 14.5 Å². The zero-order chi connectivity index (χ0) is 25.3. The second kappa shape index (κ2) is 12.4. The number of piperazine rings is 1. The lowest BCUT2D eigenvalue weighted by Crippen LogP contribution is -2.61. The van der Waals surface area contributed by atoms with Crippen molar-refractivity contribution in [3.63, 3.8) is 0 Å². The molecule has 0 spiro atoms. The summed E-state index contributed by atoms with van der Waals surface area (Å²) < 4.78 is 5.00. The molecular formula is C27H37N5O3. The summed E-state index contributed by atoms with van der Waals surface area (Å²) >= 11 is 0. The molecule has 0 radical (unpaired) electrons. The summed E-state index contributed by atoms with van der Waals surface area (Å²) in [6.07, 6.45) is 9.11. The summed E-state index contributed by atoms with van der Waals surface area (Å²) in [5.74, 6) is 0.253. The van der Waals surface area contributed by atoms with Gasteiger partial charge >= 0.3 is 5.97 Å². The van der Waals surface area contributed by atoms with Crippen molar-refractivity contribution in [2.24, 2.45) is 0 Å². The molecule has 35 heavy (non-hydrogen) atoms. The van der Waals surface area contributed by atoms with Crippen LogP contribution in [0.4, 0.5) is 5.95 Å². The van der Waals surface area contributed by atoms with Crippen LogP contribution in [0.15, 0.2) is 48.8 Å². The van der Waals surface area contributed by atoms with Crippen LogP contribution in [0.2, 0.25) is 0 Å².